The van der Waals surface area contributed by atoms with Crippen molar-refractivity contribution in [3.63, 3.8) is 0 Å². The molecule has 1 aromatic heterocycles. The number of nitrogens with zero attached hydrogens (tertiary/aromatic N) is 1. The lowest BCUT2D eigenvalue weighted by atomic mass is 10.0. The smallest absolute Gasteiger partial charge is 0.358 e. The van der Waals surface area contributed by atoms with Gasteiger partial charge in [-0.05, 0) is 20.8 Å². The number of carbonyl (C=O) groups is 1. The highest BCUT2D eigenvalue weighted by molar-refractivity contribution is 7.09. The largest absolute Gasteiger partial charge is 0.457 e. The summed E-state index contributed by atoms with van der Waals surface area (Å²) in [6, 6.07) is -0.158. The second-order valence-corrected chi connectivity index (χ2v) is 6.01. The number of rotatable bonds is 3. The summed E-state index contributed by atoms with van der Waals surface area (Å²) in [6.45, 7) is 5.83. The molecule has 2 heterocycles. The van der Waals surface area contributed by atoms with Crippen molar-refractivity contribution < 1.29 is 14.3 Å². The standard InChI is InChI=1S/C13H20N2O3S/c1-7-4-10(5-8(2)17-7)18-13(16)11-6-19-12(15-11)9(3)14/h6-10H,4-5,14H2,1-3H3. The molecule has 5 nitrogen and oxygen atoms in total. The summed E-state index contributed by atoms with van der Waals surface area (Å²) in [6.07, 6.45) is 1.63. The van der Waals surface area contributed by atoms with Crippen LogP contribution in [0.2, 0.25) is 0 Å². The highest BCUT2D eigenvalue weighted by atomic mass is 32.1. The topological polar surface area (TPSA) is 74.4 Å². The van der Waals surface area contributed by atoms with E-state index in [0.717, 1.165) is 17.8 Å². The molecule has 6 heteroatoms. The Hall–Kier alpha value is -0.980. The van der Waals surface area contributed by atoms with E-state index in [9.17, 15) is 4.79 Å². The zero-order valence-corrected chi connectivity index (χ0v) is 12.3. The number of aromatic nitrogens is 1. The third kappa shape index (κ3) is 3.75. The normalized spacial score (nSPS) is 28.9. The van der Waals surface area contributed by atoms with Crippen molar-refractivity contribution in [2.24, 2.45) is 5.73 Å². The second-order valence-electron chi connectivity index (χ2n) is 5.12. The highest BCUT2D eigenvalue weighted by Gasteiger charge is 2.28. The third-order valence-corrected chi connectivity index (χ3v) is 4.09. The Labute approximate surface area is 117 Å². The van der Waals surface area contributed by atoms with Crippen molar-refractivity contribution in [1.82, 2.24) is 4.98 Å². The molecule has 0 aromatic carbocycles. The van der Waals surface area contributed by atoms with Crippen molar-refractivity contribution in [2.75, 3.05) is 0 Å². The predicted octanol–water partition coefficient (Wildman–Crippen LogP) is 2.28. The van der Waals surface area contributed by atoms with Gasteiger partial charge in [-0.25, -0.2) is 9.78 Å². The van der Waals surface area contributed by atoms with Crippen LogP contribution in [0.3, 0.4) is 0 Å². The van der Waals surface area contributed by atoms with Crippen LogP contribution in [-0.2, 0) is 9.47 Å². The van der Waals surface area contributed by atoms with E-state index in [4.69, 9.17) is 15.2 Å². The molecule has 19 heavy (non-hydrogen) atoms. The minimum atomic E-state index is -0.366. The molecule has 2 rings (SSSR count). The second kappa shape index (κ2) is 5.98. The first kappa shape index (κ1) is 14.4. The molecule has 2 N–H and O–H groups in total. The van der Waals surface area contributed by atoms with E-state index in [0.29, 0.717) is 5.69 Å². The van der Waals surface area contributed by atoms with Gasteiger partial charge in [-0.3, -0.25) is 0 Å². The van der Waals surface area contributed by atoms with E-state index in [1.54, 1.807) is 5.38 Å². The first-order valence-electron chi connectivity index (χ1n) is 6.53. The van der Waals surface area contributed by atoms with Crippen molar-refractivity contribution >= 4 is 17.3 Å². The van der Waals surface area contributed by atoms with Crippen LogP contribution in [0, 0.1) is 0 Å². The van der Waals surface area contributed by atoms with Crippen LogP contribution in [0.4, 0.5) is 0 Å². The summed E-state index contributed by atoms with van der Waals surface area (Å²) in [5.41, 5.74) is 6.08. The molecule has 0 aliphatic carbocycles. The van der Waals surface area contributed by atoms with E-state index >= 15 is 0 Å². The molecule has 0 spiro atoms. The number of hydrogen-bond donors (Lipinski definition) is 1. The average Bonchev–Trinajstić information content (AvgIpc) is 2.76. The number of nitrogens with two attached hydrogens (primary N) is 1. The van der Waals surface area contributed by atoms with Gasteiger partial charge in [0.1, 0.15) is 11.1 Å². The molecule has 0 bridgehead atoms. The molecule has 3 unspecified atom stereocenters. The third-order valence-electron chi connectivity index (χ3n) is 3.05. The lowest BCUT2D eigenvalue weighted by Crippen LogP contribution is -2.35. The van der Waals surface area contributed by atoms with E-state index in [2.05, 4.69) is 4.98 Å². The Balaban J connectivity index is 1.96. The van der Waals surface area contributed by atoms with Crippen molar-refractivity contribution in [3.8, 4) is 0 Å². The van der Waals surface area contributed by atoms with E-state index in [1.807, 2.05) is 20.8 Å². The maximum Gasteiger partial charge on any atom is 0.358 e. The highest BCUT2D eigenvalue weighted by Crippen LogP contribution is 2.23. The van der Waals surface area contributed by atoms with Crippen LogP contribution in [0.25, 0.3) is 0 Å². The van der Waals surface area contributed by atoms with Gasteiger partial charge < -0.3 is 15.2 Å². The van der Waals surface area contributed by atoms with E-state index < -0.39 is 0 Å². The molecule has 0 radical (unpaired) electrons. The zero-order chi connectivity index (χ0) is 14.0. The SMILES string of the molecule is CC1CC(OC(=O)c2csc(C(C)N)n2)CC(C)O1. The number of esters is 1. The molecule has 1 aliphatic heterocycles. The first-order chi connectivity index (χ1) is 8.95. The molecule has 1 fully saturated rings. The van der Waals surface area contributed by atoms with Crippen LogP contribution < -0.4 is 5.73 Å². The lowest BCUT2D eigenvalue weighted by Gasteiger charge is -2.31. The molecule has 3 atom stereocenters. The quantitative estimate of drug-likeness (QED) is 0.862. The average molecular weight is 284 g/mol. The van der Waals surface area contributed by atoms with Crippen LogP contribution in [-0.4, -0.2) is 29.3 Å². The molecular formula is C13H20N2O3S. The fourth-order valence-corrected chi connectivity index (χ4v) is 2.99. The van der Waals surface area contributed by atoms with Crippen molar-refractivity contribution in [1.29, 1.82) is 0 Å². The summed E-state index contributed by atoms with van der Waals surface area (Å²) in [4.78, 5) is 16.2. The van der Waals surface area contributed by atoms with Gasteiger partial charge in [0.15, 0.2) is 5.69 Å². The minimum absolute atomic E-state index is 0.0910. The maximum atomic E-state index is 12.0. The molecule has 1 aromatic rings. The van der Waals surface area contributed by atoms with Gasteiger partial charge in [-0.2, -0.15) is 0 Å². The fourth-order valence-electron chi connectivity index (χ4n) is 2.24. The molecule has 1 aliphatic rings. The molecule has 0 saturated carbocycles. The summed E-state index contributed by atoms with van der Waals surface area (Å²) in [5, 5.41) is 2.45. The zero-order valence-electron chi connectivity index (χ0n) is 11.5. The van der Waals surface area contributed by atoms with Gasteiger partial charge in [0, 0.05) is 18.2 Å². The van der Waals surface area contributed by atoms with Crippen molar-refractivity contribution in [3.05, 3.63) is 16.1 Å². The van der Waals surface area contributed by atoms with Gasteiger partial charge in [0.25, 0.3) is 0 Å². The maximum absolute atomic E-state index is 12.0. The molecular weight excluding hydrogens is 264 g/mol. The van der Waals surface area contributed by atoms with E-state index in [1.165, 1.54) is 11.3 Å². The number of ether oxygens (including phenoxy) is 2. The van der Waals surface area contributed by atoms with Gasteiger partial charge >= 0.3 is 5.97 Å². The van der Waals surface area contributed by atoms with Crippen LogP contribution in [0.15, 0.2) is 5.38 Å². The van der Waals surface area contributed by atoms with Gasteiger partial charge in [0.2, 0.25) is 0 Å². The number of thiazole rings is 1. The Morgan fingerprint density at radius 3 is 2.68 bits per heavy atom. The first-order valence-corrected chi connectivity index (χ1v) is 7.41. The molecule has 1 saturated heterocycles. The van der Waals surface area contributed by atoms with Crippen LogP contribution >= 0.6 is 11.3 Å². The van der Waals surface area contributed by atoms with Crippen LogP contribution in [0.5, 0.6) is 0 Å². The fraction of sp³-hybridized carbons (Fsp3) is 0.692. The Morgan fingerprint density at radius 1 is 1.53 bits per heavy atom. The van der Waals surface area contributed by atoms with Gasteiger partial charge in [0.05, 0.1) is 18.2 Å². The van der Waals surface area contributed by atoms with Gasteiger partial charge in [-0.15, -0.1) is 11.3 Å². The Morgan fingerprint density at radius 2 is 2.16 bits per heavy atom. The minimum Gasteiger partial charge on any atom is -0.457 e. The number of carbonyl (C=O) groups excluding carboxylic acids is 1. The Kier molecular flexibility index (Phi) is 4.54. The van der Waals surface area contributed by atoms with Crippen LogP contribution in [0.1, 0.15) is 55.2 Å². The predicted molar refractivity (Wildman–Crippen MR) is 73.2 cm³/mol. The lowest BCUT2D eigenvalue weighted by molar-refractivity contribution is -0.0856. The summed E-state index contributed by atoms with van der Waals surface area (Å²) in [5.74, 6) is -0.366. The summed E-state index contributed by atoms with van der Waals surface area (Å²) in [7, 11) is 0. The van der Waals surface area contributed by atoms with E-state index in [-0.39, 0.29) is 30.3 Å². The molecule has 106 valence electrons. The molecule has 0 amide bonds. The Bertz CT molecular complexity index is 437. The monoisotopic (exact) mass is 284 g/mol. The summed E-state index contributed by atoms with van der Waals surface area (Å²) >= 11 is 1.39. The number of hydrogen-bond acceptors (Lipinski definition) is 6. The van der Waals surface area contributed by atoms with Gasteiger partial charge in [-0.1, -0.05) is 0 Å². The van der Waals surface area contributed by atoms with Crippen molar-refractivity contribution in [2.45, 2.75) is 58.0 Å². The summed E-state index contributed by atoms with van der Waals surface area (Å²) < 4.78 is 11.1.